The first kappa shape index (κ1) is 12.4. The molecule has 7 heteroatoms. The van der Waals surface area contributed by atoms with Gasteiger partial charge in [0, 0.05) is 25.2 Å². The molecular formula is C10H12F2N2O2S. The van der Waals surface area contributed by atoms with Gasteiger partial charge >= 0.3 is 0 Å². The van der Waals surface area contributed by atoms with Crippen LogP contribution in [0.4, 0.5) is 8.78 Å². The van der Waals surface area contributed by atoms with Crippen molar-refractivity contribution in [2.24, 2.45) is 5.73 Å². The number of hydrogen-bond acceptors (Lipinski definition) is 3. The van der Waals surface area contributed by atoms with Gasteiger partial charge in [0.25, 0.3) is 0 Å². The normalized spacial score (nSPS) is 21.9. The van der Waals surface area contributed by atoms with E-state index in [2.05, 4.69) is 0 Å². The Morgan fingerprint density at radius 3 is 2.59 bits per heavy atom. The highest BCUT2D eigenvalue weighted by molar-refractivity contribution is 7.89. The van der Waals surface area contributed by atoms with Crippen LogP contribution in [0.2, 0.25) is 0 Å². The lowest BCUT2D eigenvalue weighted by Crippen LogP contribution is -2.32. The third kappa shape index (κ3) is 2.31. The van der Waals surface area contributed by atoms with Crippen molar-refractivity contribution in [3.05, 3.63) is 29.8 Å². The van der Waals surface area contributed by atoms with E-state index in [1.807, 2.05) is 0 Å². The Hall–Kier alpha value is -1.05. The molecule has 1 atom stereocenters. The summed E-state index contributed by atoms with van der Waals surface area (Å²) in [5.41, 5.74) is 5.60. The fraction of sp³-hybridized carbons (Fsp3) is 0.400. The van der Waals surface area contributed by atoms with Crippen LogP contribution in [0.25, 0.3) is 0 Å². The molecule has 0 aliphatic carbocycles. The molecule has 1 fully saturated rings. The van der Waals surface area contributed by atoms with Crippen LogP contribution in [0.5, 0.6) is 0 Å². The zero-order valence-corrected chi connectivity index (χ0v) is 9.75. The largest absolute Gasteiger partial charge is 0.326 e. The van der Waals surface area contributed by atoms with E-state index >= 15 is 0 Å². The monoisotopic (exact) mass is 262 g/mol. The second-order valence-corrected chi connectivity index (χ2v) is 5.89. The Labute approximate surface area is 98.1 Å². The molecule has 0 radical (unpaired) electrons. The molecule has 1 saturated heterocycles. The minimum absolute atomic E-state index is 0.166. The van der Waals surface area contributed by atoms with Crippen molar-refractivity contribution in [3.8, 4) is 0 Å². The highest BCUT2D eigenvalue weighted by Gasteiger charge is 2.32. The summed E-state index contributed by atoms with van der Waals surface area (Å²) in [7, 11) is -3.91. The quantitative estimate of drug-likeness (QED) is 0.852. The fourth-order valence-corrected chi connectivity index (χ4v) is 3.35. The molecule has 0 bridgehead atoms. The van der Waals surface area contributed by atoms with Crippen LogP contribution in [-0.4, -0.2) is 31.9 Å². The van der Waals surface area contributed by atoms with Gasteiger partial charge in [0.2, 0.25) is 10.0 Å². The van der Waals surface area contributed by atoms with Crippen molar-refractivity contribution in [1.82, 2.24) is 4.31 Å². The van der Waals surface area contributed by atoms with Crippen LogP contribution in [0, 0.1) is 11.6 Å². The maximum Gasteiger partial charge on any atom is 0.246 e. The summed E-state index contributed by atoms with van der Waals surface area (Å²) in [5.74, 6) is -1.88. The van der Waals surface area contributed by atoms with Crippen LogP contribution in [0.1, 0.15) is 6.42 Å². The topological polar surface area (TPSA) is 63.4 Å². The van der Waals surface area contributed by atoms with Crippen molar-refractivity contribution in [2.75, 3.05) is 13.1 Å². The minimum Gasteiger partial charge on any atom is -0.326 e. The number of nitrogens with two attached hydrogens (primary N) is 1. The van der Waals surface area contributed by atoms with Crippen molar-refractivity contribution in [1.29, 1.82) is 0 Å². The SMILES string of the molecule is NC1CCN(S(=O)(=O)c2ccc(F)cc2F)C1. The zero-order chi connectivity index (χ0) is 12.6. The molecule has 2 N–H and O–H groups in total. The zero-order valence-electron chi connectivity index (χ0n) is 8.94. The second kappa shape index (κ2) is 4.32. The lowest BCUT2D eigenvalue weighted by molar-refractivity contribution is 0.464. The van der Waals surface area contributed by atoms with Gasteiger partial charge in [-0.1, -0.05) is 0 Å². The van der Waals surface area contributed by atoms with Crippen LogP contribution >= 0.6 is 0 Å². The number of halogens is 2. The first-order chi connectivity index (χ1) is 7.91. The third-order valence-electron chi connectivity index (χ3n) is 2.70. The van der Waals surface area contributed by atoms with Crippen molar-refractivity contribution < 1.29 is 17.2 Å². The number of hydrogen-bond donors (Lipinski definition) is 1. The molecule has 1 aromatic rings. The number of benzene rings is 1. The molecule has 1 aliphatic rings. The molecule has 0 spiro atoms. The van der Waals surface area contributed by atoms with Gasteiger partial charge in [-0.2, -0.15) is 4.31 Å². The third-order valence-corrected chi connectivity index (χ3v) is 4.60. The Kier molecular flexibility index (Phi) is 3.15. The molecule has 17 heavy (non-hydrogen) atoms. The van der Waals surface area contributed by atoms with Gasteiger partial charge in [-0.05, 0) is 18.6 Å². The second-order valence-electron chi connectivity index (χ2n) is 3.99. The minimum atomic E-state index is -3.91. The van der Waals surface area contributed by atoms with Gasteiger partial charge in [-0.25, -0.2) is 17.2 Å². The van der Waals surface area contributed by atoms with E-state index in [0.717, 1.165) is 16.4 Å². The van der Waals surface area contributed by atoms with E-state index in [9.17, 15) is 17.2 Å². The van der Waals surface area contributed by atoms with E-state index in [0.29, 0.717) is 12.5 Å². The van der Waals surface area contributed by atoms with Crippen molar-refractivity contribution in [2.45, 2.75) is 17.4 Å². The number of rotatable bonds is 2. The summed E-state index contributed by atoms with van der Waals surface area (Å²) in [6.07, 6.45) is 0.544. The Bertz CT molecular complexity index is 533. The van der Waals surface area contributed by atoms with Crippen molar-refractivity contribution >= 4 is 10.0 Å². The highest BCUT2D eigenvalue weighted by atomic mass is 32.2. The lowest BCUT2D eigenvalue weighted by Gasteiger charge is -2.16. The van der Waals surface area contributed by atoms with Crippen LogP contribution in [0.3, 0.4) is 0 Å². The van der Waals surface area contributed by atoms with E-state index in [4.69, 9.17) is 5.73 Å². The predicted molar refractivity (Wildman–Crippen MR) is 57.7 cm³/mol. The number of sulfonamides is 1. The summed E-state index contributed by atoms with van der Waals surface area (Å²) in [4.78, 5) is -0.506. The fourth-order valence-electron chi connectivity index (χ4n) is 1.80. The van der Waals surface area contributed by atoms with Gasteiger partial charge in [-0.3, -0.25) is 0 Å². The molecule has 0 aromatic heterocycles. The predicted octanol–water partition coefficient (Wildman–Crippen LogP) is 0.686. The average molecular weight is 262 g/mol. The molecule has 1 aliphatic heterocycles. The molecule has 94 valence electrons. The highest BCUT2D eigenvalue weighted by Crippen LogP contribution is 2.23. The van der Waals surface area contributed by atoms with Gasteiger partial charge in [-0.15, -0.1) is 0 Å². The summed E-state index contributed by atoms with van der Waals surface area (Å²) in [6, 6.07) is 2.19. The van der Waals surface area contributed by atoms with E-state index in [1.54, 1.807) is 0 Å². The van der Waals surface area contributed by atoms with E-state index in [-0.39, 0.29) is 19.1 Å². The first-order valence-electron chi connectivity index (χ1n) is 5.12. The van der Waals surface area contributed by atoms with E-state index in [1.165, 1.54) is 0 Å². The smallest absolute Gasteiger partial charge is 0.246 e. The molecule has 0 amide bonds. The van der Waals surface area contributed by atoms with Crippen LogP contribution < -0.4 is 5.73 Å². The summed E-state index contributed by atoms with van der Waals surface area (Å²) >= 11 is 0. The van der Waals surface area contributed by atoms with Gasteiger partial charge in [0.15, 0.2) is 0 Å². The van der Waals surface area contributed by atoms with E-state index < -0.39 is 26.6 Å². The molecular weight excluding hydrogens is 250 g/mol. The van der Waals surface area contributed by atoms with Crippen LogP contribution in [-0.2, 0) is 10.0 Å². The number of nitrogens with zero attached hydrogens (tertiary/aromatic N) is 1. The molecule has 2 rings (SSSR count). The average Bonchev–Trinajstić information content (AvgIpc) is 2.64. The Morgan fingerprint density at radius 1 is 1.35 bits per heavy atom. The molecule has 4 nitrogen and oxygen atoms in total. The molecule has 1 aromatic carbocycles. The van der Waals surface area contributed by atoms with Crippen LogP contribution in [0.15, 0.2) is 23.1 Å². The maximum absolute atomic E-state index is 13.4. The lowest BCUT2D eigenvalue weighted by atomic mass is 10.3. The summed E-state index contributed by atoms with van der Waals surface area (Å²) < 4.78 is 51.3. The maximum atomic E-state index is 13.4. The summed E-state index contributed by atoms with van der Waals surface area (Å²) in [6.45, 7) is 0.430. The van der Waals surface area contributed by atoms with Crippen molar-refractivity contribution in [3.63, 3.8) is 0 Å². The Balaban J connectivity index is 2.38. The molecule has 1 heterocycles. The van der Waals surface area contributed by atoms with Gasteiger partial charge in [0.1, 0.15) is 16.5 Å². The summed E-state index contributed by atoms with van der Waals surface area (Å²) in [5, 5.41) is 0. The standard InChI is InChI=1S/C10H12F2N2O2S/c11-7-1-2-10(9(12)5-7)17(15,16)14-4-3-8(13)6-14/h1-2,5,8H,3-4,6,13H2. The first-order valence-corrected chi connectivity index (χ1v) is 6.56. The molecule has 1 unspecified atom stereocenters. The Morgan fingerprint density at radius 2 is 2.06 bits per heavy atom. The van der Waals surface area contributed by atoms with Gasteiger partial charge in [0.05, 0.1) is 0 Å². The van der Waals surface area contributed by atoms with Gasteiger partial charge < -0.3 is 5.73 Å². The molecule has 0 saturated carbocycles.